The highest BCUT2D eigenvalue weighted by atomic mass is 32.1. The number of benzene rings is 2. The Labute approximate surface area is 178 Å². The molecule has 156 valence electrons. The van der Waals surface area contributed by atoms with Crippen molar-refractivity contribution in [2.75, 3.05) is 5.32 Å². The van der Waals surface area contributed by atoms with Crippen LogP contribution in [0.15, 0.2) is 41.4 Å². The summed E-state index contributed by atoms with van der Waals surface area (Å²) in [5, 5.41) is 24.8. The van der Waals surface area contributed by atoms with Gasteiger partial charge in [-0.05, 0) is 18.2 Å². The third-order valence-corrected chi connectivity index (χ3v) is 5.06. The third kappa shape index (κ3) is 4.62. The SMILES string of the molecule is C#CCn1c(=NC(=O)c2cc([N+](=O)[O-])cc([N+](=O)[O-])c2)sc2cc(NC(C)=O)ccc21. The zero-order chi connectivity index (χ0) is 22.7. The number of nitro groups is 2. The molecule has 0 saturated carbocycles. The number of aromatic nitrogens is 1. The van der Waals surface area contributed by atoms with Crippen LogP contribution in [0.1, 0.15) is 17.3 Å². The number of nitro benzene ring substituents is 2. The summed E-state index contributed by atoms with van der Waals surface area (Å²) in [7, 11) is 0. The second-order valence-corrected chi connectivity index (χ2v) is 7.22. The lowest BCUT2D eigenvalue weighted by Crippen LogP contribution is -2.16. The first kappa shape index (κ1) is 21.3. The number of terminal acetylenes is 1. The molecule has 0 spiro atoms. The van der Waals surface area contributed by atoms with Crippen molar-refractivity contribution in [2.24, 2.45) is 4.99 Å². The molecule has 1 N–H and O–H groups in total. The number of carbonyl (C=O) groups excluding carboxylic acids is 2. The van der Waals surface area contributed by atoms with Crippen molar-refractivity contribution >= 4 is 50.4 Å². The minimum atomic E-state index is -0.897. The van der Waals surface area contributed by atoms with Gasteiger partial charge in [0.2, 0.25) is 5.91 Å². The highest BCUT2D eigenvalue weighted by Gasteiger charge is 2.20. The van der Waals surface area contributed by atoms with Gasteiger partial charge in [-0.2, -0.15) is 4.99 Å². The number of amides is 2. The maximum absolute atomic E-state index is 12.7. The van der Waals surface area contributed by atoms with Crippen molar-refractivity contribution in [2.45, 2.75) is 13.5 Å². The minimum Gasteiger partial charge on any atom is -0.326 e. The van der Waals surface area contributed by atoms with E-state index >= 15 is 0 Å². The molecular weight excluding hydrogens is 426 g/mol. The lowest BCUT2D eigenvalue weighted by Gasteiger charge is -2.03. The van der Waals surface area contributed by atoms with Crippen molar-refractivity contribution in [1.29, 1.82) is 0 Å². The van der Waals surface area contributed by atoms with E-state index in [1.807, 2.05) is 0 Å². The number of anilines is 1. The summed E-state index contributed by atoms with van der Waals surface area (Å²) in [6.45, 7) is 1.45. The molecule has 0 saturated heterocycles. The Morgan fingerprint density at radius 2 is 1.81 bits per heavy atom. The Morgan fingerprint density at radius 3 is 2.35 bits per heavy atom. The molecule has 0 atom stereocenters. The van der Waals surface area contributed by atoms with Gasteiger partial charge in [-0.3, -0.25) is 29.8 Å². The molecule has 0 radical (unpaired) electrons. The van der Waals surface area contributed by atoms with Gasteiger partial charge in [0.15, 0.2) is 4.80 Å². The van der Waals surface area contributed by atoms with Crippen LogP contribution in [0, 0.1) is 32.6 Å². The van der Waals surface area contributed by atoms with Crippen LogP contribution in [0.2, 0.25) is 0 Å². The summed E-state index contributed by atoms with van der Waals surface area (Å²) < 4.78 is 2.26. The second kappa shape index (κ2) is 8.56. The van der Waals surface area contributed by atoms with Crippen molar-refractivity contribution in [1.82, 2.24) is 4.57 Å². The predicted octanol–water partition coefficient (Wildman–Crippen LogP) is 2.85. The first-order chi connectivity index (χ1) is 14.7. The smallest absolute Gasteiger partial charge is 0.280 e. The Bertz CT molecular complexity index is 1330. The highest BCUT2D eigenvalue weighted by molar-refractivity contribution is 7.16. The number of rotatable bonds is 5. The monoisotopic (exact) mass is 439 g/mol. The molecule has 31 heavy (non-hydrogen) atoms. The maximum Gasteiger partial charge on any atom is 0.280 e. The molecule has 1 aromatic heterocycles. The van der Waals surface area contributed by atoms with Crippen LogP contribution < -0.4 is 10.1 Å². The van der Waals surface area contributed by atoms with Gasteiger partial charge in [-0.1, -0.05) is 17.3 Å². The first-order valence-corrected chi connectivity index (χ1v) is 9.38. The largest absolute Gasteiger partial charge is 0.326 e. The third-order valence-electron chi connectivity index (χ3n) is 4.02. The zero-order valence-electron chi connectivity index (χ0n) is 15.9. The Balaban J connectivity index is 2.15. The number of nitrogens with zero attached hydrogens (tertiary/aromatic N) is 4. The van der Waals surface area contributed by atoms with E-state index in [2.05, 4.69) is 16.2 Å². The van der Waals surface area contributed by atoms with Crippen LogP contribution in [0.3, 0.4) is 0 Å². The Hall–Kier alpha value is -4.37. The number of hydrogen-bond donors (Lipinski definition) is 1. The normalized spacial score (nSPS) is 11.2. The Morgan fingerprint density at radius 1 is 1.16 bits per heavy atom. The summed E-state index contributed by atoms with van der Waals surface area (Å²) in [5.74, 6) is 1.31. The summed E-state index contributed by atoms with van der Waals surface area (Å²) in [6, 6.07) is 7.67. The number of fused-ring (bicyclic) bond motifs is 1. The molecule has 1 heterocycles. The fraction of sp³-hybridized carbons (Fsp3) is 0.105. The number of non-ortho nitro benzene ring substituents is 2. The molecule has 12 heteroatoms. The fourth-order valence-corrected chi connectivity index (χ4v) is 3.83. The van der Waals surface area contributed by atoms with Gasteiger partial charge in [-0.15, -0.1) is 6.42 Å². The summed E-state index contributed by atoms with van der Waals surface area (Å²) in [6.07, 6.45) is 5.42. The lowest BCUT2D eigenvalue weighted by atomic mass is 10.1. The Kier molecular flexibility index (Phi) is 5.89. The van der Waals surface area contributed by atoms with Crippen LogP contribution in [-0.4, -0.2) is 26.2 Å². The molecule has 2 aromatic carbocycles. The van der Waals surface area contributed by atoms with E-state index in [-0.39, 0.29) is 22.8 Å². The molecule has 2 amide bonds. The topological polar surface area (TPSA) is 150 Å². The van der Waals surface area contributed by atoms with Crippen LogP contribution in [0.4, 0.5) is 17.1 Å². The van der Waals surface area contributed by atoms with E-state index in [1.54, 1.807) is 22.8 Å². The molecule has 11 nitrogen and oxygen atoms in total. The van der Waals surface area contributed by atoms with Crippen molar-refractivity contribution < 1.29 is 19.4 Å². The minimum absolute atomic E-state index is 0.0840. The summed E-state index contributed by atoms with van der Waals surface area (Å²) >= 11 is 1.11. The van der Waals surface area contributed by atoms with E-state index in [0.29, 0.717) is 15.9 Å². The molecule has 0 bridgehead atoms. The molecule has 3 rings (SSSR count). The summed E-state index contributed by atoms with van der Waals surface area (Å²) in [5.41, 5.74) is -0.291. The van der Waals surface area contributed by atoms with E-state index in [1.165, 1.54) is 6.92 Å². The highest BCUT2D eigenvalue weighted by Crippen LogP contribution is 2.24. The van der Waals surface area contributed by atoms with Gasteiger partial charge in [0, 0.05) is 24.7 Å². The molecular formula is C19H13N5O6S. The van der Waals surface area contributed by atoms with Crippen LogP contribution in [0.5, 0.6) is 0 Å². The molecule has 0 aliphatic carbocycles. The van der Waals surface area contributed by atoms with Crippen LogP contribution >= 0.6 is 11.3 Å². The lowest BCUT2D eigenvalue weighted by molar-refractivity contribution is -0.394. The molecule has 3 aromatic rings. The average Bonchev–Trinajstić information content (AvgIpc) is 3.03. The van der Waals surface area contributed by atoms with Crippen molar-refractivity contribution in [3.05, 3.63) is 67.0 Å². The zero-order valence-corrected chi connectivity index (χ0v) is 16.7. The standard InChI is InChI=1S/C19H13N5O6S/c1-3-6-22-16-5-4-13(20-11(2)25)9-17(16)31-19(22)21-18(26)12-7-14(23(27)28)10-15(8-12)24(29)30/h1,4-5,7-10H,6H2,2H3,(H,20,25). The van der Waals surface area contributed by atoms with Gasteiger partial charge >= 0.3 is 0 Å². The van der Waals surface area contributed by atoms with Crippen molar-refractivity contribution in [3.63, 3.8) is 0 Å². The van der Waals surface area contributed by atoms with E-state index in [4.69, 9.17) is 6.42 Å². The van der Waals surface area contributed by atoms with Crippen molar-refractivity contribution in [3.8, 4) is 12.3 Å². The average molecular weight is 439 g/mol. The van der Waals surface area contributed by atoms with Gasteiger partial charge in [0.05, 0.1) is 38.2 Å². The molecule has 0 unspecified atom stereocenters. The predicted molar refractivity (Wildman–Crippen MR) is 113 cm³/mol. The first-order valence-electron chi connectivity index (χ1n) is 8.57. The quantitative estimate of drug-likeness (QED) is 0.367. The van der Waals surface area contributed by atoms with Gasteiger partial charge in [0.1, 0.15) is 0 Å². The van der Waals surface area contributed by atoms with Gasteiger partial charge < -0.3 is 9.88 Å². The van der Waals surface area contributed by atoms with Gasteiger partial charge in [0.25, 0.3) is 17.3 Å². The van der Waals surface area contributed by atoms with E-state index in [9.17, 15) is 29.8 Å². The molecule has 0 aliphatic rings. The number of nitrogens with one attached hydrogen (secondary N) is 1. The summed E-state index contributed by atoms with van der Waals surface area (Å²) in [4.78, 5) is 48.6. The van der Waals surface area contributed by atoms with Crippen LogP contribution in [-0.2, 0) is 11.3 Å². The van der Waals surface area contributed by atoms with E-state index in [0.717, 1.165) is 29.5 Å². The number of hydrogen-bond acceptors (Lipinski definition) is 7. The maximum atomic E-state index is 12.7. The van der Waals surface area contributed by atoms with Gasteiger partial charge in [-0.25, -0.2) is 0 Å². The van der Waals surface area contributed by atoms with E-state index < -0.39 is 27.1 Å². The molecule has 0 aliphatic heterocycles. The molecule has 0 fully saturated rings. The second-order valence-electron chi connectivity index (χ2n) is 6.21. The fourth-order valence-electron chi connectivity index (χ4n) is 2.76. The van der Waals surface area contributed by atoms with Crippen LogP contribution in [0.25, 0.3) is 10.2 Å². The number of thiazole rings is 1. The number of carbonyl (C=O) groups is 2.